The summed E-state index contributed by atoms with van der Waals surface area (Å²) in [5, 5.41) is 3.33. The molecule has 0 radical (unpaired) electrons. The fourth-order valence-electron chi connectivity index (χ4n) is 3.48. The molecule has 5 heteroatoms. The summed E-state index contributed by atoms with van der Waals surface area (Å²) in [6.07, 6.45) is 8.59. The van der Waals surface area contributed by atoms with Crippen molar-refractivity contribution in [1.29, 1.82) is 0 Å². The number of nitrogens with one attached hydrogen (secondary N) is 1. The molecule has 0 saturated carbocycles. The highest BCUT2D eigenvalue weighted by atomic mass is 16.5. The number of carbonyl (C=O) groups is 1. The third-order valence-corrected chi connectivity index (χ3v) is 4.78. The lowest BCUT2D eigenvalue weighted by Crippen LogP contribution is -2.27. The van der Waals surface area contributed by atoms with Gasteiger partial charge in [-0.05, 0) is 43.5 Å². The van der Waals surface area contributed by atoms with E-state index in [2.05, 4.69) is 16.4 Å². The van der Waals surface area contributed by atoms with Crippen LogP contribution in [0.15, 0.2) is 30.6 Å². The second kappa shape index (κ2) is 6.26. The van der Waals surface area contributed by atoms with E-state index < -0.39 is 0 Å². The van der Waals surface area contributed by atoms with E-state index >= 15 is 0 Å². The molecular formula is C18H21N3O2. The van der Waals surface area contributed by atoms with Crippen LogP contribution in [0.2, 0.25) is 0 Å². The molecule has 0 bridgehead atoms. The molecule has 0 amide bonds. The normalized spacial score (nSPS) is 19.7. The first kappa shape index (κ1) is 14.6. The molecule has 0 spiro atoms. The minimum Gasteiger partial charge on any atom is -0.381 e. The summed E-state index contributed by atoms with van der Waals surface area (Å²) < 4.78 is 7.20. The Kier molecular flexibility index (Phi) is 3.97. The molecule has 1 N–H and O–H groups in total. The quantitative estimate of drug-likeness (QED) is 0.926. The Balaban J connectivity index is 1.77. The Morgan fingerprint density at radius 1 is 1.35 bits per heavy atom. The van der Waals surface area contributed by atoms with Crippen LogP contribution in [0.5, 0.6) is 0 Å². The molecule has 0 unspecified atom stereocenters. The van der Waals surface area contributed by atoms with Gasteiger partial charge in [-0.15, -0.1) is 0 Å². The molecule has 5 nitrogen and oxygen atoms in total. The molecular weight excluding hydrogens is 290 g/mol. The third-order valence-electron chi connectivity index (χ3n) is 4.78. The third kappa shape index (κ3) is 2.71. The zero-order valence-electron chi connectivity index (χ0n) is 13.1. The van der Waals surface area contributed by atoms with Crippen molar-refractivity contribution in [3.05, 3.63) is 36.2 Å². The van der Waals surface area contributed by atoms with E-state index in [9.17, 15) is 4.79 Å². The van der Waals surface area contributed by atoms with Crippen LogP contribution in [0.4, 0.5) is 0 Å². The molecule has 120 valence electrons. The van der Waals surface area contributed by atoms with Gasteiger partial charge in [0.1, 0.15) is 0 Å². The zero-order valence-corrected chi connectivity index (χ0v) is 13.1. The summed E-state index contributed by atoms with van der Waals surface area (Å²) in [4.78, 5) is 17.5. The molecule has 2 aliphatic heterocycles. The van der Waals surface area contributed by atoms with Gasteiger partial charge in [0.2, 0.25) is 5.91 Å². The Labute approximate surface area is 135 Å². The van der Waals surface area contributed by atoms with Gasteiger partial charge in [-0.2, -0.15) is 0 Å². The van der Waals surface area contributed by atoms with Crippen molar-refractivity contribution in [3.8, 4) is 0 Å². The lowest BCUT2D eigenvalue weighted by molar-refractivity contribution is 0.0490. The summed E-state index contributed by atoms with van der Waals surface area (Å²) in [6.45, 7) is 3.21. The summed E-state index contributed by atoms with van der Waals surface area (Å²) in [7, 11) is 0. The van der Waals surface area contributed by atoms with Gasteiger partial charge in [0, 0.05) is 43.6 Å². The van der Waals surface area contributed by atoms with Gasteiger partial charge < -0.3 is 10.1 Å². The van der Waals surface area contributed by atoms with Crippen LogP contribution in [0, 0.1) is 5.92 Å². The second-order valence-corrected chi connectivity index (χ2v) is 6.19. The first-order valence-corrected chi connectivity index (χ1v) is 8.33. The average Bonchev–Trinajstić information content (AvgIpc) is 3.02. The average molecular weight is 311 g/mol. The molecule has 0 aliphatic carbocycles. The number of pyridine rings is 1. The van der Waals surface area contributed by atoms with Crippen LogP contribution in [0.1, 0.15) is 29.6 Å². The lowest BCUT2D eigenvalue weighted by Gasteiger charge is -2.21. The minimum absolute atomic E-state index is 0.0504. The van der Waals surface area contributed by atoms with Gasteiger partial charge >= 0.3 is 0 Å². The van der Waals surface area contributed by atoms with Crippen molar-refractivity contribution in [3.63, 3.8) is 0 Å². The molecule has 4 heterocycles. The Bertz CT molecular complexity index is 757. The maximum Gasteiger partial charge on any atom is 0.234 e. The summed E-state index contributed by atoms with van der Waals surface area (Å²) in [6, 6.07) is 3.89. The van der Waals surface area contributed by atoms with Crippen molar-refractivity contribution in [2.24, 2.45) is 5.92 Å². The molecule has 4 rings (SSSR count). The highest BCUT2D eigenvalue weighted by Gasteiger charge is 2.25. The molecule has 1 fully saturated rings. The van der Waals surface area contributed by atoms with Crippen molar-refractivity contribution >= 4 is 22.5 Å². The number of hydrogen-bond acceptors (Lipinski definition) is 4. The zero-order chi connectivity index (χ0) is 15.6. The van der Waals surface area contributed by atoms with E-state index in [0.717, 1.165) is 48.9 Å². The summed E-state index contributed by atoms with van der Waals surface area (Å²) in [5.41, 5.74) is 4.23. The topological polar surface area (TPSA) is 56.1 Å². The van der Waals surface area contributed by atoms with E-state index in [4.69, 9.17) is 4.74 Å². The number of aromatic nitrogens is 2. The van der Waals surface area contributed by atoms with Gasteiger partial charge in [-0.25, -0.2) is 0 Å². The van der Waals surface area contributed by atoms with E-state index in [1.807, 2.05) is 22.9 Å². The first-order chi connectivity index (χ1) is 11.3. The van der Waals surface area contributed by atoms with E-state index in [1.54, 1.807) is 6.20 Å². The van der Waals surface area contributed by atoms with Gasteiger partial charge in [0.25, 0.3) is 0 Å². The number of fused-ring (bicyclic) bond motifs is 1. The fraction of sp³-hybridized carbons (Fsp3) is 0.444. The molecule has 2 aliphatic rings. The number of ether oxygens (including phenoxy) is 1. The number of hydrogen-bond donors (Lipinski definition) is 1. The van der Waals surface area contributed by atoms with Gasteiger partial charge in [-0.3, -0.25) is 14.3 Å². The van der Waals surface area contributed by atoms with Crippen molar-refractivity contribution in [2.75, 3.05) is 26.3 Å². The molecule has 2 aromatic heterocycles. The highest BCUT2D eigenvalue weighted by molar-refractivity contribution is 5.98. The predicted molar refractivity (Wildman–Crippen MR) is 89.4 cm³/mol. The van der Waals surface area contributed by atoms with Gasteiger partial charge in [0.15, 0.2) is 0 Å². The molecule has 23 heavy (non-hydrogen) atoms. The smallest absolute Gasteiger partial charge is 0.234 e. The molecule has 0 aromatic carbocycles. The van der Waals surface area contributed by atoms with Gasteiger partial charge in [0.05, 0.1) is 11.0 Å². The van der Waals surface area contributed by atoms with Crippen LogP contribution < -0.4 is 5.32 Å². The SMILES string of the molecule is O=C(C1CCOCC1)n1cc(C2=CCNCC2)c2ncccc21. The van der Waals surface area contributed by atoms with Crippen LogP contribution in [-0.2, 0) is 4.74 Å². The summed E-state index contributed by atoms with van der Waals surface area (Å²) >= 11 is 0. The van der Waals surface area contributed by atoms with Crippen molar-refractivity contribution in [2.45, 2.75) is 19.3 Å². The maximum absolute atomic E-state index is 13.0. The largest absolute Gasteiger partial charge is 0.381 e. The first-order valence-electron chi connectivity index (χ1n) is 8.33. The van der Waals surface area contributed by atoms with Crippen LogP contribution >= 0.6 is 0 Å². The van der Waals surface area contributed by atoms with E-state index in [0.29, 0.717) is 13.2 Å². The molecule has 2 aromatic rings. The Morgan fingerprint density at radius 3 is 3.00 bits per heavy atom. The van der Waals surface area contributed by atoms with Crippen LogP contribution in [0.3, 0.4) is 0 Å². The Hall–Kier alpha value is -1.98. The number of carbonyl (C=O) groups excluding carboxylic acids is 1. The van der Waals surface area contributed by atoms with E-state index in [-0.39, 0.29) is 11.8 Å². The second-order valence-electron chi connectivity index (χ2n) is 6.19. The van der Waals surface area contributed by atoms with Crippen molar-refractivity contribution < 1.29 is 9.53 Å². The minimum atomic E-state index is 0.0504. The molecule has 0 atom stereocenters. The van der Waals surface area contributed by atoms with Crippen LogP contribution in [0.25, 0.3) is 16.6 Å². The fourth-order valence-corrected chi connectivity index (χ4v) is 3.48. The molecule has 1 saturated heterocycles. The number of rotatable bonds is 2. The van der Waals surface area contributed by atoms with Crippen LogP contribution in [-0.4, -0.2) is 41.8 Å². The standard InChI is InChI=1S/C18H21N3O2/c22-18(14-5-10-23-11-6-14)21-12-15(13-3-8-19-9-4-13)17-16(21)2-1-7-20-17/h1-3,7,12,14,19H,4-6,8-11H2. The predicted octanol–water partition coefficient (Wildman–Crippen LogP) is 2.48. The monoisotopic (exact) mass is 311 g/mol. The number of nitrogens with zero attached hydrogens (tertiary/aromatic N) is 2. The highest BCUT2D eigenvalue weighted by Crippen LogP contribution is 2.30. The Morgan fingerprint density at radius 2 is 2.22 bits per heavy atom. The lowest BCUT2D eigenvalue weighted by atomic mass is 9.99. The van der Waals surface area contributed by atoms with Gasteiger partial charge in [-0.1, -0.05) is 6.08 Å². The van der Waals surface area contributed by atoms with E-state index in [1.165, 1.54) is 5.57 Å². The van der Waals surface area contributed by atoms with Crippen molar-refractivity contribution in [1.82, 2.24) is 14.9 Å². The summed E-state index contributed by atoms with van der Waals surface area (Å²) in [5.74, 6) is 0.224. The maximum atomic E-state index is 13.0.